The maximum absolute atomic E-state index is 6.09. The van der Waals surface area contributed by atoms with E-state index in [0.29, 0.717) is 28.8 Å². The zero-order valence-corrected chi connectivity index (χ0v) is 13.7. The van der Waals surface area contributed by atoms with E-state index in [-0.39, 0.29) is 6.04 Å². The number of hydrogen-bond donors (Lipinski definition) is 2. The number of rotatable bonds is 6. The fraction of sp³-hybridized carbons (Fsp3) is 0.250. The van der Waals surface area contributed by atoms with E-state index in [1.165, 1.54) is 0 Å². The molecule has 0 unspecified atom stereocenters. The fourth-order valence-corrected chi connectivity index (χ4v) is 2.44. The highest BCUT2D eigenvalue weighted by molar-refractivity contribution is 6.31. The standard InChI is InChI=1S/C16H18Cl2N2O2/c1-10(19)9-21-15-4-2-13(17)7-11(15)6-12-8-14(18)3-5-16(12)22-20/h2-5,7-8,10H,6,9,19-20H2,1H3/t10-/m1/s1. The van der Waals surface area contributed by atoms with Crippen LogP contribution in [0.3, 0.4) is 0 Å². The second kappa shape index (κ2) is 7.70. The molecule has 0 heterocycles. The topological polar surface area (TPSA) is 70.5 Å². The quantitative estimate of drug-likeness (QED) is 0.788. The van der Waals surface area contributed by atoms with Crippen molar-refractivity contribution in [3.05, 3.63) is 57.6 Å². The van der Waals surface area contributed by atoms with Crippen molar-refractivity contribution in [2.45, 2.75) is 19.4 Å². The molecule has 0 aromatic heterocycles. The third-order valence-corrected chi connectivity index (χ3v) is 3.52. The summed E-state index contributed by atoms with van der Waals surface area (Å²) in [7, 11) is 0. The molecule has 0 saturated carbocycles. The molecular weight excluding hydrogens is 323 g/mol. The molecule has 2 aromatic carbocycles. The SMILES string of the molecule is C[C@@H](N)COc1ccc(Cl)cc1Cc1cc(Cl)ccc1ON. The predicted molar refractivity (Wildman–Crippen MR) is 89.7 cm³/mol. The lowest BCUT2D eigenvalue weighted by Crippen LogP contribution is -2.24. The van der Waals surface area contributed by atoms with Crippen molar-refractivity contribution >= 4 is 23.2 Å². The molecule has 0 amide bonds. The number of nitrogens with two attached hydrogens (primary N) is 2. The van der Waals surface area contributed by atoms with Crippen LogP contribution in [0.1, 0.15) is 18.1 Å². The Hall–Kier alpha value is -1.46. The first-order chi connectivity index (χ1) is 10.5. The maximum Gasteiger partial charge on any atom is 0.150 e. The van der Waals surface area contributed by atoms with Crippen LogP contribution < -0.4 is 21.2 Å². The molecule has 0 spiro atoms. The summed E-state index contributed by atoms with van der Waals surface area (Å²) in [6, 6.07) is 10.6. The van der Waals surface area contributed by atoms with Crippen LogP contribution in [0.15, 0.2) is 36.4 Å². The van der Waals surface area contributed by atoms with Gasteiger partial charge in [-0.2, -0.15) is 5.90 Å². The minimum atomic E-state index is -0.0577. The van der Waals surface area contributed by atoms with E-state index in [2.05, 4.69) is 0 Å². The van der Waals surface area contributed by atoms with Crippen LogP contribution in [0.25, 0.3) is 0 Å². The lowest BCUT2D eigenvalue weighted by atomic mass is 10.0. The lowest BCUT2D eigenvalue weighted by molar-refractivity contribution is 0.293. The van der Waals surface area contributed by atoms with Crippen LogP contribution in [-0.2, 0) is 6.42 Å². The van der Waals surface area contributed by atoms with Crippen LogP contribution in [0.2, 0.25) is 10.0 Å². The number of hydrogen-bond acceptors (Lipinski definition) is 4. The summed E-state index contributed by atoms with van der Waals surface area (Å²) in [4.78, 5) is 4.89. The molecule has 2 rings (SSSR count). The van der Waals surface area contributed by atoms with Crippen molar-refractivity contribution in [1.29, 1.82) is 0 Å². The fourth-order valence-electron chi connectivity index (χ4n) is 2.05. The summed E-state index contributed by atoms with van der Waals surface area (Å²) in [6.07, 6.45) is 0.530. The van der Waals surface area contributed by atoms with Crippen molar-refractivity contribution in [3.63, 3.8) is 0 Å². The highest BCUT2D eigenvalue weighted by Gasteiger charge is 2.11. The van der Waals surface area contributed by atoms with E-state index in [0.717, 1.165) is 16.9 Å². The summed E-state index contributed by atoms with van der Waals surface area (Å²) < 4.78 is 5.74. The monoisotopic (exact) mass is 340 g/mol. The maximum atomic E-state index is 6.09. The highest BCUT2D eigenvalue weighted by atomic mass is 35.5. The van der Waals surface area contributed by atoms with E-state index in [9.17, 15) is 0 Å². The second-order valence-corrected chi connectivity index (χ2v) is 5.96. The van der Waals surface area contributed by atoms with Crippen LogP contribution >= 0.6 is 23.2 Å². The van der Waals surface area contributed by atoms with E-state index in [4.69, 9.17) is 44.4 Å². The summed E-state index contributed by atoms with van der Waals surface area (Å²) >= 11 is 12.1. The highest BCUT2D eigenvalue weighted by Crippen LogP contribution is 2.30. The van der Waals surface area contributed by atoms with Crippen molar-refractivity contribution in [2.75, 3.05) is 6.61 Å². The number of benzene rings is 2. The van der Waals surface area contributed by atoms with E-state index in [1.54, 1.807) is 24.3 Å². The van der Waals surface area contributed by atoms with Crippen molar-refractivity contribution in [2.24, 2.45) is 11.6 Å². The summed E-state index contributed by atoms with van der Waals surface area (Å²) in [6.45, 7) is 2.30. The average Bonchev–Trinajstić information content (AvgIpc) is 2.46. The Morgan fingerprint density at radius 1 is 1.00 bits per heavy atom. The Kier molecular flexibility index (Phi) is 5.91. The van der Waals surface area contributed by atoms with Crippen LogP contribution in [-0.4, -0.2) is 12.6 Å². The Morgan fingerprint density at radius 2 is 1.55 bits per heavy atom. The molecule has 1 atom stereocenters. The third kappa shape index (κ3) is 4.52. The van der Waals surface area contributed by atoms with Gasteiger partial charge >= 0.3 is 0 Å². The Labute approximate surface area is 139 Å². The van der Waals surface area contributed by atoms with E-state index < -0.39 is 0 Å². The van der Waals surface area contributed by atoms with Gasteiger partial charge in [0.15, 0.2) is 0 Å². The van der Waals surface area contributed by atoms with Gasteiger partial charge in [0.2, 0.25) is 0 Å². The molecule has 4 nitrogen and oxygen atoms in total. The van der Waals surface area contributed by atoms with Gasteiger partial charge in [0.1, 0.15) is 18.1 Å². The normalized spacial score (nSPS) is 12.0. The molecule has 6 heteroatoms. The first kappa shape index (κ1) is 16.9. The molecule has 0 fully saturated rings. The van der Waals surface area contributed by atoms with Gasteiger partial charge in [-0.05, 0) is 43.3 Å². The Morgan fingerprint density at radius 3 is 2.09 bits per heavy atom. The molecule has 4 N–H and O–H groups in total. The molecule has 0 aliphatic rings. The van der Waals surface area contributed by atoms with Gasteiger partial charge in [0.05, 0.1) is 0 Å². The third-order valence-electron chi connectivity index (χ3n) is 3.05. The van der Waals surface area contributed by atoms with Crippen LogP contribution in [0, 0.1) is 0 Å². The zero-order valence-electron chi connectivity index (χ0n) is 12.2. The van der Waals surface area contributed by atoms with Gasteiger partial charge in [0, 0.05) is 33.6 Å². The van der Waals surface area contributed by atoms with Gasteiger partial charge in [-0.1, -0.05) is 23.2 Å². The van der Waals surface area contributed by atoms with Crippen LogP contribution in [0.4, 0.5) is 0 Å². The Balaban J connectivity index is 2.31. The summed E-state index contributed by atoms with van der Waals surface area (Å²) in [5.74, 6) is 6.59. The smallest absolute Gasteiger partial charge is 0.150 e. The first-order valence-electron chi connectivity index (χ1n) is 6.81. The van der Waals surface area contributed by atoms with Gasteiger partial charge in [-0.15, -0.1) is 0 Å². The van der Waals surface area contributed by atoms with Gasteiger partial charge < -0.3 is 15.3 Å². The Bertz CT molecular complexity index is 648. The molecule has 2 aromatic rings. The van der Waals surface area contributed by atoms with Crippen molar-refractivity contribution in [3.8, 4) is 11.5 Å². The molecule has 0 radical (unpaired) electrons. The molecule has 0 aliphatic carbocycles. The summed E-state index contributed by atoms with van der Waals surface area (Å²) in [5, 5.41) is 1.23. The van der Waals surface area contributed by atoms with Gasteiger partial charge in [0.25, 0.3) is 0 Å². The minimum Gasteiger partial charge on any atom is -0.492 e. The van der Waals surface area contributed by atoms with Gasteiger partial charge in [-0.25, -0.2) is 0 Å². The molecule has 0 bridgehead atoms. The molecule has 0 aliphatic heterocycles. The first-order valence-corrected chi connectivity index (χ1v) is 7.57. The van der Waals surface area contributed by atoms with Crippen LogP contribution in [0.5, 0.6) is 11.5 Å². The van der Waals surface area contributed by atoms with Crippen molar-refractivity contribution in [1.82, 2.24) is 0 Å². The molecule has 22 heavy (non-hydrogen) atoms. The minimum absolute atomic E-state index is 0.0577. The van der Waals surface area contributed by atoms with Crippen molar-refractivity contribution < 1.29 is 9.57 Å². The summed E-state index contributed by atoms with van der Waals surface area (Å²) in [5.41, 5.74) is 7.49. The molecule has 0 saturated heterocycles. The second-order valence-electron chi connectivity index (χ2n) is 5.09. The number of halogens is 2. The lowest BCUT2D eigenvalue weighted by Gasteiger charge is -2.15. The molecule has 118 valence electrons. The number of ether oxygens (including phenoxy) is 1. The van der Waals surface area contributed by atoms with E-state index >= 15 is 0 Å². The molecular formula is C16H18Cl2N2O2. The zero-order chi connectivity index (χ0) is 16.1. The van der Waals surface area contributed by atoms with E-state index in [1.807, 2.05) is 19.1 Å². The largest absolute Gasteiger partial charge is 0.492 e. The predicted octanol–water partition coefficient (Wildman–Crippen LogP) is 3.56. The average molecular weight is 341 g/mol. The van der Waals surface area contributed by atoms with Gasteiger partial charge in [-0.3, -0.25) is 0 Å².